The molecule has 27 heavy (non-hydrogen) atoms. The van der Waals surface area contributed by atoms with Gasteiger partial charge in [-0.1, -0.05) is 25.1 Å². The van der Waals surface area contributed by atoms with Crippen LogP contribution in [0.15, 0.2) is 36.4 Å². The molecule has 0 fully saturated rings. The third kappa shape index (κ3) is 5.76. The van der Waals surface area contributed by atoms with Gasteiger partial charge >= 0.3 is 5.97 Å². The van der Waals surface area contributed by atoms with Crippen LogP contribution in [0, 0.1) is 17.6 Å². The summed E-state index contributed by atoms with van der Waals surface area (Å²) < 4.78 is 33.2. The molecule has 2 N–H and O–H groups in total. The quantitative estimate of drug-likeness (QED) is 0.693. The molecule has 0 amide bonds. The Morgan fingerprint density at radius 1 is 1.11 bits per heavy atom. The van der Waals surface area contributed by atoms with Gasteiger partial charge in [-0.15, -0.1) is 0 Å². The molecule has 146 valence electrons. The van der Waals surface area contributed by atoms with E-state index >= 15 is 0 Å². The van der Waals surface area contributed by atoms with E-state index < -0.39 is 17.9 Å². The largest absolute Gasteiger partial charge is 0.494 e. The maximum Gasteiger partial charge on any atom is 0.332 e. The molecule has 0 bridgehead atoms. The van der Waals surface area contributed by atoms with Gasteiger partial charge in [0.15, 0.2) is 17.7 Å². The predicted molar refractivity (Wildman–Crippen MR) is 97.9 cm³/mol. The average Bonchev–Trinajstić information content (AvgIpc) is 2.63. The fourth-order valence-electron chi connectivity index (χ4n) is 3.04. The fraction of sp³-hybridized carbons (Fsp3) is 0.381. The maximum atomic E-state index is 14.2. The second kappa shape index (κ2) is 9.46. The Kier molecular flexibility index (Phi) is 7.30. The average molecular weight is 378 g/mol. The summed E-state index contributed by atoms with van der Waals surface area (Å²) in [5, 5.41) is 18.3. The van der Waals surface area contributed by atoms with Crippen molar-refractivity contribution >= 4 is 5.97 Å². The van der Waals surface area contributed by atoms with Gasteiger partial charge in [-0.05, 0) is 60.1 Å². The van der Waals surface area contributed by atoms with Crippen molar-refractivity contribution < 1.29 is 28.5 Å². The molecular weight excluding hydrogens is 354 g/mol. The number of rotatable bonds is 9. The number of carboxylic acid groups (broad SMARTS) is 1. The molecule has 6 heteroatoms. The zero-order valence-electron chi connectivity index (χ0n) is 15.4. The minimum absolute atomic E-state index is 0.0671. The molecule has 0 aromatic heterocycles. The highest BCUT2D eigenvalue weighted by molar-refractivity contribution is 5.71. The number of aliphatic carboxylic acids is 1. The molecule has 2 aromatic rings. The van der Waals surface area contributed by atoms with E-state index in [1.54, 1.807) is 24.3 Å². The zero-order chi connectivity index (χ0) is 20.0. The van der Waals surface area contributed by atoms with Crippen LogP contribution in [0.2, 0.25) is 0 Å². The van der Waals surface area contributed by atoms with E-state index in [4.69, 9.17) is 9.84 Å². The van der Waals surface area contributed by atoms with Crippen molar-refractivity contribution in [2.24, 2.45) is 5.92 Å². The standard InChI is InChI=1S/C21H24F2O4/c1-13(9-19(24)21(25)26)7-8-14-11-18(23)20(27-2)12-16(14)10-15-5-3-4-6-17(15)22/h3-6,11-13,19,24H,7-10H2,1-2H3,(H,25,26). The number of aryl methyl sites for hydroxylation is 1. The third-order valence-electron chi connectivity index (χ3n) is 4.63. The van der Waals surface area contributed by atoms with Crippen LogP contribution in [0.5, 0.6) is 5.75 Å². The first-order valence-corrected chi connectivity index (χ1v) is 8.81. The Bertz CT molecular complexity index is 792. The molecule has 0 saturated heterocycles. The zero-order valence-corrected chi connectivity index (χ0v) is 15.4. The monoisotopic (exact) mass is 378 g/mol. The highest BCUT2D eigenvalue weighted by Crippen LogP contribution is 2.27. The molecule has 0 heterocycles. The van der Waals surface area contributed by atoms with Crippen LogP contribution in [-0.4, -0.2) is 29.4 Å². The summed E-state index contributed by atoms with van der Waals surface area (Å²) in [6.07, 6.45) is 0.0606. The van der Waals surface area contributed by atoms with Crippen molar-refractivity contribution in [3.63, 3.8) is 0 Å². The van der Waals surface area contributed by atoms with E-state index in [-0.39, 0.29) is 23.9 Å². The van der Waals surface area contributed by atoms with Crippen LogP contribution in [0.4, 0.5) is 8.78 Å². The topological polar surface area (TPSA) is 66.8 Å². The van der Waals surface area contributed by atoms with E-state index in [0.29, 0.717) is 30.4 Å². The Morgan fingerprint density at radius 3 is 2.44 bits per heavy atom. The smallest absolute Gasteiger partial charge is 0.332 e. The molecule has 0 aliphatic carbocycles. The molecule has 0 aliphatic heterocycles. The lowest BCUT2D eigenvalue weighted by molar-refractivity contribution is -0.147. The second-order valence-electron chi connectivity index (χ2n) is 6.76. The molecule has 2 rings (SSSR count). The summed E-state index contributed by atoms with van der Waals surface area (Å²) in [5.74, 6) is -2.05. The number of aliphatic hydroxyl groups excluding tert-OH is 1. The number of benzene rings is 2. The molecule has 4 nitrogen and oxygen atoms in total. The number of carbonyl (C=O) groups is 1. The lowest BCUT2D eigenvalue weighted by Crippen LogP contribution is -2.22. The van der Waals surface area contributed by atoms with Crippen LogP contribution in [0.1, 0.15) is 36.5 Å². The molecule has 2 unspecified atom stereocenters. The minimum Gasteiger partial charge on any atom is -0.494 e. The summed E-state index contributed by atoms with van der Waals surface area (Å²) in [7, 11) is 1.38. The summed E-state index contributed by atoms with van der Waals surface area (Å²) >= 11 is 0. The fourth-order valence-corrected chi connectivity index (χ4v) is 3.04. The van der Waals surface area contributed by atoms with Gasteiger partial charge in [-0.2, -0.15) is 0 Å². The molecule has 0 radical (unpaired) electrons. The third-order valence-corrected chi connectivity index (χ3v) is 4.63. The Hall–Kier alpha value is -2.47. The van der Waals surface area contributed by atoms with Gasteiger partial charge in [-0.3, -0.25) is 0 Å². The maximum absolute atomic E-state index is 14.2. The van der Waals surface area contributed by atoms with Crippen molar-refractivity contribution in [2.75, 3.05) is 7.11 Å². The molecule has 2 aromatic carbocycles. The number of halogens is 2. The summed E-state index contributed by atoms with van der Waals surface area (Å²) in [4.78, 5) is 10.8. The summed E-state index contributed by atoms with van der Waals surface area (Å²) in [6.45, 7) is 1.84. The lowest BCUT2D eigenvalue weighted by atomic mass is 9.91. The van der Waals surface area contributed by atoms with Crippen molar-refractivity contribution in [3.05, 3.63) is 64.7 Å². The van der Waals surface area contributed by atoms with Gasteiger partial charge in [-0.25, -0.2) is 13.6 Å². The van der Waals surface area contributed by atoms with E-state index in [0.717, 1.165) is 5.56 Å². The Labute approximate surface area is 157 Å². The number of methoxy groups -OCH3 is 1. The van der Waals surface area contributed by atoms with Crippen molar-refractivity contribution in [1.82, 2.24) is 0 Å². The predicted octanol–water partition coefficient (Wildman–Crippen LogP) is 3.97. The Balaban J connectivity index is 2.20. The summed E-state index contributed by atoms with van der Waals surface area (Å²) in [6, 6.07) is 9.38. The van der Waals surface area contributed by atoms with Crippen LogP contribution < -0.4 is 4.74 Å². The van der Waals surface area contributed by atoms with Crippen LogP contribution in [0.25, 0.3) is 0 Å². The molecule has 0 spiro atoms. The van der Waals surface area contributed by atoms with Crippen molar-refractivity contribution in [2.45, 2.75) is 38.7 Å². The molecular formula is C21H24F2O4. The highest BCUT2D eigenvalue weighted by Gasteiger charge is 2.18. The first-order chi connectivity index (χ1) is 12.8. The number of aliphatic hydroxyl groups is 1. The van der Waals surface area contributed by atoms with Gasteiger partial charge in [0.1, 0.15) is 5.82 Å². The van der Waals surface area contributed by atoms with Gasteiger partial charge in [0.05, 0.1) is 7.11 Å². The van der Waals surface area contributed by atoms with Gasteiger partial charge in [0.2, 0.25) is 0 Å². The van der Waals surface area contributed by atoms with Crippen LogP contribution in [-0.2, 0) is 17.6 Å². The molecule has 2 atom stereocenters. The number of hydrogen-bond acceptors (Lipinski definition) is 3. The number of ether oxygens (including phenoxy) is 1. The normalized spacial score (nSPS) is 13.2. The van der Waals surface area contributed by atoms with E-state index in [1.165, 1.54) is 19.2 Å². The van der Waals surface area contributed by atoms with E-state index in [2.05, 4.69) is 0 Å². The van der Waals surface area contributed by atoms with Crippen LogP contribution in [0.3, 0.4) is 0 Å². The Morgan fingerprint density at radius 2 is 1.81 bits per heavy atom. The van der Waals surface area contributed by atoms with Gasteiger partial charge < -0.3 is 14.9 Å². The number of hydrogen-bond donors (Lipinski definition) is 2. The van der Waals surface area contributed by atoms with Crippen molar-refractivity contribution in [3.8, 4) is 5.75 Å². The summed E-state index contributed by atoms with van der Waals surface area (Å²) in [5.41, 5.74) is 1.97. The van der Waals surface area contributed by atoms with Gasteiger partial charge in [0.25, 0.3) is 0 Å². The second-order valence-corrected chi connectivity index (χ2v) is 6.76. The first-order valence-electron chi connectivity index (χ1n) is 8.81. The SMILES string of the molecule is COc1cc(Cc2ccccc2F)c(CCC(C)CC(O)C(=O)O)cc1F. The minimum atomic E-state index is -1.41. The molecule has 0 aliphatic rings. The van der Waals surface area contributed by atoms with Crippen molar-refractivity contribution in [1.29, 1.82) is 0 Å². The van der Waals surface area contributed by atoms with Crippen LogP contribution >= 0.6 is 0 Å². The number of carboxylic acids is 1. The highest BCUT2D eigenvalue weighted by atomic mass is 19.1. The molecule has 0 saturated carbocycles. The first kappa shape index (κ1) is 20.8. The van der Waals surface area contributed by atoms with E-state index in [9.17, 15) is 18.7 Å². The lowest BCUT2D eigenvalue weighted by Gasteiger charge is -2.17. The van der Waals surface area contributed by atoms with Gasteiger partial charge in [0, 0.05) is 6.42 Å². The van der Waals surface area contributed by atoms with E-state index in [1.807, 2.05) is 6.92 Å².